The number of aromatic nitrogens is 3. The van der Waals surface area contributed by atoms with Crippen molar-refractivity contribution in [2.75, 3.05) is 13.2 Å². The molecule has 12 heteroatoms. The SMILES string of the molecule is O=C(COn1nnc2ccccc21)N1CC[C@@H]2[C@H]1C(=O)N2S(=O)(=O)O. The third-order valence-corrected chi connectivity index (χ3v) is 5.29. The van der Waals surface area contributed by atoms with E-state index in [-0.39, 0.29) is 19.6 Å². The lowest BCUT2D eigenvalue weighted by Crippen LogP contribution is -2.68. The van der Waals surface area contributed by atoms with Crippen molar-refractivity contribution >= 4 is 33.2 Å². The number of para-hydroxylation sites is 1. The highest BCUT2D eigenvalue weighted by molar-refractivity contribution is 7.84. The number of carbonyl (C=O) groups excluding carboxylic acids is 2. The van der Waals surface area contributed by atoms with Gasteiger partial charge in [0, 0.05) is 6.54 Å². The minimum absolute atomic E-state index is 0.202. The molecule has 11 nitrogen and oxygen atoms in total. The van der Waals surface area contributed by atoms with Crippen LogP contribution in [0.5, 0.6) is 0 Å². The second-order valence-corrected chi connectivity index (χ2v) is 7.01. The summed E-state index contributed by atoms with van der Waals surface area (Å²) in [5.74, 6) is -1.29. The third kappa shape index (κ3) is 2.41. The summed E-state index contributed by atoms with van der Waals surface area (Å²) in [7, 11) is -4.60. The third-order valence-electron chi connectivity index (χ3n) is 4.34. The van der Waals surface area contributed by atoms with Gasteiger partial charge in [0.25, 0.3) is 11.8 Å². The van der Waals surface area contributed by atoms with E-state index in [4.69, 9.17) is 9.39 Å². The predicted molar refractivity (Wildman–Crippen MR) is 81.3 cm³/mol. The van der Waals surface area contributed by atoms with E-state index in [1.165, 1.54) is 4.90 Å². The Morgan fingerprint density at radius 1 is 1.36 bits per heavy atom. The van der Waals surface area contributed by atoms with Crippen LogP contribution in [0.1, 0.15) is 6.42 Å². The lowest BCUT2D eigenvalue weighted by atomic mass is 10.0. The van der Waals surface area contributed by atoms with Gasteiger partial charge < -0.3 is 9.74 Å². The number of hydrogen-bond donors (Lipinski definition) is 1. The van der Waals surface area contributed by atoms with Crippen LogP contribution in [-0.4, -0.2) is 74.4 Å². The highest BCUT2D eigenvalue weighted by Gasteiger charge is 2.59. The first kappa shape index (κ1) is 15.8. The van der Waals surface area contributed by atoms with E-state index < -0.39 is 34.2 Å². The molecule has 25 heavy (non-hydrogen) atoms. The molecule has 0 radical (unpaired) electrons. The van der Waals surface area contributed by atoms with Crippen molar-refractivity contribution in [3.8, 4) is 0 Å². The highest BCUT2D eigenvalue weighted by Crippen LogP contribution is 2.35. The largest absolute Gasteiger partial charge is 0.385 e. The molecule has 2 aliphatic rings. The van der Waals surface area contributed by atoms with Gasteiger partial charge in [-0.3, -0.25) is 14.1 Å². The fraction of sp³-hybridized carbons (Fsp3) is 0.385. The van der Waals surface area contributed by atoms with Crippen molar-refractivity contribution < 1.29 is 27.4 Å². The monoisotopic (exact) mass is 367 g/mol. The molecule has 0 aliphatic carbocycles. The fourth-order valence-corrected chi connectivity index (χ4v) is 4.14. The van der Waals surface area contributed by atoms with Crippen LogP contribution in [0, 0.1) is 0 Å². The van der Waals surface area contributed by atoms with Crippen LogP contribution in [0.2, 0.25) is 0 Å². The molecule has 1 aromatic heterocycles. The Morgan fingerprint density at radius 3 is 2.88 bits per heavy atom. The average Bonchev–Trinajstić information content (AvgIpc) is 3.12. The molecule has 0 saturated carbocycles. The number of fused-ring (bicyclic) bond motifs is 2. The molecule has 0 spiro atoms. The molecular weight excluding hydrogens is 354 g/mol. The maximum absolute atomic E-state index is 12.3. The smallest absolute Gasteiger partial charge is 0.362 e. The highest BCUT2D eigenvalue weighted by atomic mass is 32.2. The number of likely N-dealkylation sites (tertiary alicyclic amines) is 1. The van der Waals surface area contributed by atoms with Gasteiger partial charge in [-0.05, 0) is 23.8 Å². The van der Waals surface area contributed by atoms with Crippen LogP contribution in [0.3, 0.4) is 0 Å². The van der Waals surface area contributed by atoms with Gasteiger partial charge in [-0.25, -0.2) is 4.31 Å². The molecule has 2 atom stereocenters. The molecule has 2 fully saturated rings. The van der Waals surface area contributed by atoms with Gasteiger partial charge in [-0.15, -0.1) is 5.10 Å². The summed E-state index contributed by atoms with van der Waals surface area (Å²) < 4.78 is 31.8. The summed E-state index contributed by atoms with van der Waals surface area (Å²) in [5.41, 5.74) is 1.20. The molecule has 2 aliphatic heterocycles. The maximum Gasteiger partial charge on any atom is 0.362 e. The first-order valence-corrected chi connectivity index (χ1v) is 8.81. The van der Waals surface area contributed by atoms with Crippen molar-refractivity contribution in [2.45, 2.75) is 18.5 Å². The van der Waals surface area contributed by atoms with Gasteiger partial charge in [0.15, 0.2) is 6.61 Å². The Morgan fingerprint density at radius 2 is 2.12 bits per heavy atom. The zero-order chi connectivity index (χ0) is 17.8. The quantitative estimate of drug-likeness (QED) is 0.508. The van der Waals surface area contributed by atoms with Crippen LogP contribution >= 0.6 is 0 Å². The number of nitrogens with zero attached hydrogens (tertiary/aromatic N) is 5. The van der Waals surface area contributed by atoms with E-state index in [2.05, 4.69) is 10.3 Å². The van der Waals surface area contributed by atoms with Crippen molar-refractivity contribution in [2.24, 2.45) is 0 Å². The van der Waals surface area contributed by atoms with E-state index in [0.717, 1.165) is 4.85 Å². The van der Waals surface area contributed by atoms with Crippen LogP contribution in [-0.2, 0) is 19.9 Å². The Hall–Kier alpha value is -2.73. The number of hydrogen-bond acceptors (Lipinski definition) is 7. The summed E-state index contributed by atoms with van der Waals surface area (Å²) in [6.45, 7) is -0.177. The number of carbonyl (C=O) groups is 2. The fourth-order valence-electron chi connectivity index (χ4n) is 3.24. The molecule has 1 aromatic carbocycles. The Bertz CT molecular complexity index is 972. The summed E-state index contributed by atoms with van der Waals surface area (Å²) >= 11 is 0. The van der Waals surface area contributed by atoms with Gasteiger partial charge in [0.2, 0.25) is 0 Å². The standard InChI is InChI=1S/C13H13N5O6S/c19-11(7-24-18-9-4-2-1-3-8(9)14-15-18)16-6-5-10-12(16)13(20)17(10)25(21,22)23/h1-4,10,12H,5-7H2,(H,21,22,23)/t10-,12+/m1/s1. The Kier molecular flexibility index (Phi) is 3.40. The van der Waals surface area contributed by atoms with Crippen molar-refractivity contribution in [1.82, 2.24) is 24.4 Å². The summed E-state index contributed by atoms with van der Waals surface area (Å²) in [6, 6.07) is 5.43. The van der Waals surface area contributed by atoms with Crippen molar-refractivity contribution in [3.05, 3.63) is 24.3 Å². The second kappa shape index (κ2) is 5.39. The maximum atomic E-state index is 12.3. The molecule has 2 amide bonds. The van der Waals surface area contributed by atoms with Gasteiger partial charge in [0.05, 0.1) is 6.04 Å². The zero-order valence-electron chi connectivity index (χ0n) is 12.7. The van der Waals surface area contributed by atoms with E-state index in [9.17, 15) is 18.0 Å². The van der Waals surface area contributed by atoms with Gasteiger partial charge in [0.1, 0.15) is 17.1 Å². The van der Waals surface area contributed by atoms with E-state index in [1.54, 1.807) is 24.3 Å². The minimum Gasteiger partial charge on any atom is -0.385 e. The summed E-state index contributed by atoms with van der Waals surface area (Å²) in [5, 5.41) is 7.68. The van der Waals surface area contributed by atoms with Crippen LogP contribution in [0.15, 0.2) is 24.3 Å². The second-order valence-electron chi connectivity index (χ2n) is 5.72. The van der Waals surface area contributed by atoms with Gasteiger partial charge in [-0.1, -0.05) is 17.0 Å². The summed E-state index contributed by atoms with van der Waals surface area (Å²) in [4.78, 5) is 32.0. The molecule has 2 saturated heterocycles. The lowest BCUT2D eigenvalue weighted by molar-refractivity contribution is -0.153. The lowest BCUT2D eigenvalue weighted by Gasteiger charge is -2.42. The van der Waals surface area contributed by atoms with Crippen LogP contribution in [0.4, 0.5) is 0 Å². The van der Waals surface area contributed by atoms with E-state index in [1.807, 2.05) is 0 Å². The molecule has 3 heterocycles. The van der Waals surface area contributed by atoms with E-state index >= 15 is 0 Å². The topological polar surface area (TPSA) is 135 Å². The van der Waals surface area contributed by atoms with Crippen LogP contribution < -0.4 is 4.84 Å². The number of β-lactam (4-membered cyclic amide) rings is 1. The molecule has 0 unspecified atom stereocenters. The molecule has 1 N–H and O–H groups in total. The molecule has 4 rings (SSSR count). The molecular formula is C13H13N5O6S. The van der Waals surface area contributed by atoms with Gasteiger partial charge in [-0.2, -0.15) is 8.42 Å². The Balaban J connectivity index is 1.44. The molecule has 132 valence electrons. The average molecular weight is 367 g/mol. The first-order chi connectivity index (χ1) is 11.9. The zero-order valence-corrected chi connectivity index (χ0v) is 13.5. The molecule has 0 bridgehead atoms. The first-order valence-electron chi connectivity index (χ1n) is 7.42. The number of rotatable bonds is 4. The van der Waals surface area contributed by atoms with Crippen molar-refractivity contribution in [1.29, 1.82) is 0 Å². The predicted octanol–water partition coefficient (Wildman–Crippen LogP) is -1.53. The van der Waals surface area contributed by atoms with Gasteiger partial charge >= 0.3 is 10.3 Å². The number of benzene rings is 1. The summed E-state index contributed by atoms with van der Waals surface area (Å²) in [6.07, 6.45) is 0.272. The molecule has 2 aromatic rings. The Labute approximate surface area is 141 Å². The number of amides is 2. The minimum atomic E-state index is -4.60. The van der Waals surface area contributed by atoms with Crippen molar-refractivity contribution in [3.63, 3.8) is 0 Å². The normalized spacial score (nSPS) is 22.8. The van der Waals surface area contributed by atoms with E-state index in [0.29, 0.717) is 15.3 Å². The van der Waals surface area contributed by atoms with Crippen LogP contribution in [0.25, 0.3) is 11.0 Å².